The molecule has 2 rings (SSSR count). The average Bonchev–Trinajstić information content (AvgIpc) is 2.60. The fraction of sp³-hybridized carbons (Fsp3) is 0.167. The van der Waals surface area contributed by atoms with Crippen molar-refractivity contribution in [3.05, 3.63) is 46.5 Å². The molecule has 1 heterocycles. The van der Waals surface area contributed by atoms with Crippen LogP contribution in [0.5, 0.6) is 0 Å². The van der Waals surface area contributed by atoms with Gasteiger partial charge in [-0.15, -0.1) is 0 Å². The maximum atomic E-state index is 11.2. The second kappa shape index (κ2) is 4.22. The zero-order valence-corrected chi connectivity index (χ0v) is 10.2. The van der Waals surface area contributed by atoms with Gasteiger partial charge in [0.15, 0.2) is 0 Å². The molecule has 0 unspecified atom stereocenters. The van der Waals surface area contributed by atoms with E-state index in [1.165, 1.54) is 6.07 Å². The van der Waals surface area contributed by atoms with E-state index in [2.05, 4.69) is 4.98 Å². The third kappa shape index (κ3) is 1.91. The van der Waals surface area contributed by atoms with Crippen LogP contribution in [0.2, 0.25) is 5.02 Å². The minimum atomic E-state index is -1.01. The third-order valence-electron chi connectivity index (χ3n) is 2.71. The SMILES string of the molecule is Cc1ncn(-c2c(Cl)cccc2C(=O)O)c1C. The van der Waals surface area contributed by atoms with Crippen LogP contribution >= 0.6 is 11.6 Å². The van der Waals surface area contributed by atoms with Gasteiger partial charge in [-0.2, -0.15) is 0 Å². The number of para-hydroxylation sites is 1. The summed E-state index contributed by atoms with van der Waals surface area (Å²) in [5.41, 5.74) is 2.35. The van der Waals surface area contributed by atoms with Crippen LogP contribution in [0.1, 0.15) is 21.7 Å². The van der Waals surface area contributed by atoms with Crippen molar-refractivity contribution in [1.82, 2.24) is 9.55 Å². The molecule has 0 saturated carbocycles. The highest BCUT2D eigenvalue weighted by atomic mass is 35.5. The Kier molecular flexibility index (Phi) is 2.90. The van der Waals surface area contributed by atoms with Crippen LogP contribution < -0.4 is 0 Å². The summed E-state index contributed by atoms with van der Waals surface area (Å²) >= 11 is 6.08. The van der Waals surface area contributed by atoms with Crippen LogP contribution in [0.3, 0.4) is 0 Å². The number of benzene rings is 1. The minimum Gasteiger partial charge on any atom is -0.478 e. The van der Waals surface area contributed by atoms with E-state index in [0.29, 0.717) is 10.7 Å². The quantitative estimate of drug-likeness (QED) is 0.892. The van der Waals surface area contributed by atoms with E-state index in [1.54, 1.807) is 23.0 Å². The number of aryl methyl sites for hydroxylation is 1. The van der Waals surface area contributed by atoms with Crippen molar-refractivity contribution in [1.29, 1.82) is 0 Å². The Morgan fingerprint density at radius 1 is 1.41 bits per heavy atom. The summed E-state index contributed by atoms with van der Waals surface area (Å²) in [6.45, 7) is 3.74. The standard InChI is InChI=1S/C12H11ClN2O2/c1-7-8(2)15(6-14-7)11-9(12(16)17)4-3-5-10(11)13/h3-6H,1-2H3,(H,16,17). The molecule has 17 heavy (non-hydrogen) atoms. The monoisotopic (exact) mass is 250 g/mol. The van der Waals surface area contributed by atoms with Gasteiger partial charge in [-0.3, -0.25) is 0 Å². The molecular weight excluding hydrogens is 240 g/mol. The lowest BCUT2D eigenvalue weighted by molar-refractivity contribution is 0.0697. The molecule has 0 bridgehead atoms. The molecule has 2 aromatic rings. The lowest BCUT2D eigenvalue weighted by Gasteiger charge is -2.11. The van der Waals surface area contributed by atoms with Crippen molar-refractivity contribution < 1.29 is 9.90 Å². The third-order valence-corrected chi connectivity index (χ3v) is 3.01. The molecule has 0 radical (unpaired) electrons. The van der Waals surface area contributed by atoms with Crippen LogP contribution in [-0.4, -0.2) is 20.6 Å². The molecule has 0 saturated heterocycles. The number of hydrogen-bond acceptors (Lipinski definition) is 2. The number of carboxylic acids is 1. The van der Waals surface area contributed by atoms with E-state index < -0.39 is 5.97 Å². The van der Waals surface area contributed by atoms with Gasteiger partial charge >= 0.3 is 5.97 Å². The molecule has 4 nitrogen and oxygen atoms in total. The highest BCUT2D eigenvalue weighted by molar-refractivity contribution is 6.33. The van der Waals surface area contributed by atoms with Crippen molar-refractivity contribution in [3.8, 4) is 5.69 Å². The predicted molar refractivity (Wildman–Crippen MR) is 65.0 cm³/mol. The van der Waals surface area contributed by atoms with Gasteiger partial charge in [0.2, 0.25) is 0 Å². The summed E-state index contributed by atoms with van der Waals surface area (Å²) in [6, 6.07) is 4.81. The number of carboxylic acid groups (broad SMARTS) is 1. The Bertz CT molecular complexity index is 590. The molecule has 0 aliphatic rings. The van der Waals surface area contributed by atoms with Crippen LogP contribution in [0.15, 0.2) is 24.5 Å². The smallest absolute Gasteiger partial charge is 0.337 e. The van der Waals surface area contributed by atoms with E-state index >= 15 is 0 Å². The molecule has 5 heteroatoms. The molecule has 0 atom stereocenters. The normalized spacial score (nSPS) is 10.5. The fourth-order valence-corrected chi connectivity index (χ4v) is 1.92. The summed E-state index contributed by atoms with van der Waals surface area (Å²) < 4.78 is 1.70. The second-order valence-electron chi connectivity index (χ2n) is 3.73. The van der Waals surface area contributed by atoms with Crippen LogP contribution in [-0.2, 0) is 0 Å². The Morgan fingerprint density at radius 3 is 2.65 bits per heavy atom. The van der Waals surface area contributed by atoms with Crippen molar-refractivity contribution in [2.75, 3.05) is 0 Å². The largest absolute Gasteiger partial charge is 0.478 e. The molecule has 0 aliphatic heterocycles. The minimum absolute atomic E-state index is 0.165. The van der Waals surface area contributed by atoms with Crippen LogP contribution in [0.25, 0.3) is 5.69 Å². The number of nitrogens with zero attached hydrogens (tertiary/aromatic N) is 2. The van der Waals surface area contributed by atoms with E-state index in [9.17, 15) is 4.79 Å². The zero-order chi connectivity index (χ0) is 12.6. The van der Waals surface area contributed by atoms with Gasteiger partial charge < -0.3 is 9.67 Å². The van der Waals surface area contributed by atoms with Gasteiger partial charge in [-0.25, -0.2) is 9.78 Å². The molecule has 88 valence electrons. The predicted octanol–water partition coefficient (Wildman–Crippen LogP) is 2.84. The number of imidazole rings is 1. The van der Waals surface area contributed by atoms with E-state index in [1.807, 2.05) is 13.8 Å². The maximum Gasteiger partial charge on any atom is 0.337 e. The molecule has 0 amide bonds. The van der Waals surface area contributed by atoms with Gasteiger partial charge in [-0.05, 0) is 26.0 Å². The topological polar surface area (TPSA) is 55.1 Å². The average molecular weight is 251 g/mol. The summed E-state index contributed by atoms with van der Waals surface area (Å²) in [4.78, 5) is 15.3. The molecular formula is C12H11ClN2O2. The summed E-state index contributed by atoms with van der Waals surface area (Å²) in [5, 5.41) is 9.55. The Morgan fingerprint density at radius 2 is 2.12 bits per heavy atom. The molecule has 0 spiro atoms. The first-order valence-corrected chi connectivity index (χ1v) is 5.43. The van der Waals surface area contributed by atoms with Crippen molar-refractivity contribution in [2.45, 2.75) is 13.8 Å². The van der Waals surface area contributed by atoms with Crippen LogP contribution in [0, 0.1) is 13.8 Å². The van der Waals surface area contributed by atoms with Crippen LogP contribution in [0.4, 0.5) is 0 Å². The molecule has 1 aromatic heterocycles. The molecule has 1 N–H and O–H groups in total. The number of carbonyl (C=O) groups is 1. The number of aromatic nitrogens is 2. The molecule has 0 fully saturated rings. The first-order chi connectivity index (χ1) is 8.02. The van der Waals surface area contributed by atoms with Crippen molar-refractivity contribution in [2.24, 2.45) is 0 Å². The van der Waals surface area contributed by atoms with Gasteiger partial charge in [0, 0.05) is 5.69 Å². The summed E-state index contributed by atoms with van der Waals surface area (Å²) in [5.74, 6) is -1.01. The number of hydrogen-bond donors (Lipinski definition) is 1. The van der Waals surface area contributed by atoms with E-state index in [0.717, 1.165) is 11.4 Å². The van der Waals surface area contributed by atoms with E-state index in [4.69, 9.17) is 16.7 Å². The highest BCUT2D eigenvalue weighted by Gasteiger charge is 2.16. The lowest BCUT2D eigenvalue weighted by Crippen LogP contribution is -2.06. The summed E-state index contributed by atoms with van der Waals surface area (Å²) in [6.07, 6.45) is 1.58. The number of aromatic carboxylic acids is 1. The van der Waals surface area contributed by atoms with Gasteiger partial charge in [-0.1, -0.05) is 17.7 Å². The first-order valence-electron chi connectivity index (χ1n) is 5.05. The number of rotatable bonds is 2. The second-order valence-corrected chi connectivity index (χ2v) is 4.13. The molecule has 0 aliphatic carbocycles. The van der Waals surface area contributed by atoms with Crippen molar-refractivity contribution in [3.63, 3.8) is 0 Å². The van der Waals surface area contributed by atoms with Crippen molar-refractivity contribution >= 4 is 17.6 Å². The Labute approximate surface area is 103 Å². The first kappa shape index (κ1) is 11.7. The Balaban J connectivity index is 2.74. The highest BCUT2D eigenvalue weighted by Crippen LogP contribution is 2.26. The number of halogens is 1. The lowest BCUT2D eigenvalue weighted by atomic mass is 10.1. The maximum absolute atomic E-state index is 11.2. The van der Waals surface area contributed by atoms with E-state index in [-0.39, 0.29) is 5.56 Å². The summed E-state index contributed by atoms with van der Waals surface area (Å²) in [7, 11) is 0. The van der Waals surface area contributed by atoms with Gasteiger partial charge in [0.1, 0.15) is 0 Å². The van der Waals surface area contributed by atoms with Gasteiger partial charge in [0.25, 0.3) is 0 Å². The fourth-order valence-electron chi connectivity index (χ4n) is 1.66. The molecule has 1 aromatic carbocycles. The van der Waals surface area contributed by atoms with Gasteiger partial charge in [0.05, 0.1) is 28.3 Å². The zero-order valence-electron chi connectivity index (χ0n) is 9.44. The Hall–Kier alpha value is -1.81.